The highest BCUT2D eigenvalue weighted by Crippen LogP contribution is 2.28. The lowest BCUT2D eigenvalue weighted by Crippen LogP contribution is -2.26. The van der Waals surface area contributed by atoms with Crippen LogP contribution in [-0.2, 0) is 6.54 Å². The van der Waals surface area contributed by atoms with Gasteiger partial charge in [-0.2, -0.15) is 0 Å². The maximum atomic E-state index is 6.22. The van der Waals surface area contributed by atoms with E-state index in [9.17, 15) is 0 Å². The number of hydrogen-bond donors (Lipinski definition) is 1. The summed E-state index contributed by atoms with van der Waals surface area (Å²) in [5.41, 5.74) is 2.09. The van der Waals surface area contributed by atoms with Crippen LogP contribution in [0.1, 0.15) is 57.8 Å². The number of rotatable bonds is 5. The molecule has 20 heavy (non-hydrogen) atoms. The number of ether oxygens (including phenoxy) is 1. The van der Waals surface area contributed by atoms with Crippen LogP contribution in [0.15, 0.2) is 12.1 Å². The van der Waals surface area contributed by atoms with E-state index in [0.29, 0.717) is 12.1 Å². The van der Waals surface area contributed by atoms with E-state index < -0.39 is 0 Å². The second kappa shape index (κ2) is 7.07. The van der Waals surface area contributed by atoms with Gasteiger partial charge in [0.15, 0.2) is 0 Å². The standard InChI is InChI=1S/C17H28N2O/c1-12(2)18-11-16-17(10-7-14(4)19-16)20-15-8-5-13(3)6-9-15/h7,10,12-13,15,18H,5-6,8-9,11H2,1-4H3. The van der Waals surface area contributed by atoms with Crippen molar-refractivity contribution in [2.45, 2.75) is 72.1 Å². The van der Waals surface area contributed by atoms with Crippen LogP contribution in [0, 0.1) is 12.8 Å². The summed E-state index contributed by atoms with van der Waals surface area (Å²) in [6, 6.07) is 4.58. The molecule has 0 spiro atoms. The Morgan fingerprint density at radius 2 is 1.95 bits per heavy atom. The highest BCUT2D eigenvalue weighted by Gasteiger charge is 2.20. The summed E-state index contributed by atoms with van der Waals surface area (Å²) >= 11 is 0. The van der Waals surface area contributed by atoms with Crippen LogP contribution in [0.3, 0.4) is 0 Å². The third kappa shape index (κ3) is 4.48. The normalized spacial score (nSPS) is 23.1. The molecule has 1 aliphatic carbocycles. The van der Waals surface area contributed by atoms with E-state index in [1.807, 2.05) is 13.0 Å². The summed E-state index contributed by atoms with van der Waals surface area (Å²) in [6.45, 7) is 9.45. The quantitative estimate of drug-likeness (QED) is 0.887. The van der Waals surface area contributed by atoms with E-state index in [1.54, 1.807) is 0 Å². The van der Waals surface area contributed by atoms with Gasteiger partial charge in [-0.15, -0.1) is 0 Å². The highest BCUT2D eigenvalue weighted by atomic mass is 16.5. The fraction of sp³-hybridized carbons (Fsp3) is 0.706. The topological polar surface area (TPSA) is 34.1 Å². The van der Waals surface area contributed by atoms with Crippen LogP contribution in [0.2, 0.25) is 0 Å². The molecule has 1 aromatic heterocycles. The fourth-order valence-electron chi connectivity index (χ4n) is 2.66. The second-order valence-corrected chi connectivity index (χ2v) is 6.43. The minimum Gasteiger partial charge on any atom is -0.488 e. The zero-order valence-corrected chi connectivity index (χ0v) is 13.3. The lowest BCUT2D eigenvalue weighted by molar-refractivity contribution is 0.133. The molecule has 3 heteroatoms. The van der Waals surface area contributed by atoms with Gasteiger partial charge in [0.2, 0.25) is 0 Å². The summed E-state index contributed by atoms with van der Waals surface area (Å²) in [4.78, 5) is 4.64. The Kier molecular flexibility index (Phi) is 5.41. The zero-order valence-electron chi connectivity index (χ0n) is 13.3. The van der Waals surface area contributed by atoms with Gasteiger partial charge in [0.1, 0.15) is 5.75 Å². The van der Waals surface area contributed by atoms with Crippen molar-refractivity contribution in [2.75, 3.05) is 0 Å². The average molecular weight is 276 g/mol. The molecule has 0 radical (unpaired) electrons. The molecule has 0 atom stereocenters. The predicted molar refractivity (Wildman–Crippen MR) is 83.0 cm³/mol. The molecule has 112 valence electrons. The van der Waals surface area contributed by atoms with Crippen molar-refractivity contribution in [2.24, 2.45) is 5.92 Å². The van der Waals surface area contributed by atoms with E-state index >= 15 is 0 Å². The van der Waals surface area contributed by atoms with Gasteiger partial charge in [0.25, 0.3) is 0 Å². The number of nitrogens with zero attached hydrogens (tertiary/aromatic N) is 1. The number of pyridine rings is 1. The molecule has 0 unspecified atom stereocenters. The lowest BCUT2D eigenvalue weighted by Gasteiger charge is -2.27. The maximum Gasteiger partial charge on any atom is 0.142 e. The minimum absolute atomic E-state index is 0.369. The first kappa shape index (κ1) is 15.3. The van der Waals surface area contributed by atoms with Crippen molar-refractivity contribution in [1.82, 2.24) is 10.3 Å². The molecule has 2 rings (SSSR count). The molecule has 1 fully saturated rings. The molecule has 1 heterocycles. The summed E-state index contributed by atoms with van der Waals surface area (Å²) in [5.74, 6) is 1.82. The Balaban J connectivity index is 2.02. The lowest BCUT2D eigenvalue weighted by atomic mass is 9.89. The smallest absolute Gasteiger partial charge is 0.142 e. The zero-order chi connectivity index (χ0) is 14.5. The molecule has 1 aromatic rings. The maximum absolute atomic E-state index is 6.22. The van der Waals surface area contributed by atoms with Crippen molar-refractivity contribution in [3.63, 3.8) is 0 Å². The van der Waals surface area contributed by atoms with Crippen LogP contribution >= 0.6 is 0 Å². The van der Waals surface area contributed by atoms with E-state index in [4.69, 9.17) is 4.74 Å². The number of aromatic nitrogens is 1. The third-order valence-electron chi connectivity index (χ3n) is 4.01. The van der Waals surface area contributed by atoms with Crippen molar-refractivity contribution in [3.8, 4) is 5.75 Å². The van der Waals surface area contributed by atoms with Gasteiger partial charge in [-0.05, 0) is 50.7 Å². The van der Waals surface area contributed by atoms with Gasteiger partial charge in [0.05, 0.1) is 11.8 Å². The summed E-state index contributed by atoms with van der Waals surface area (Å²) in [5, 5.41) is 3.43. The molecule has 0 aliphatic heterocycles. The van der Waals surface area contributed by atoms with Gasteiger partial charge < -0.3 is 10.1 Å². The second-order valence-electron chi connectivity index (χ2n) is 6.43. The first-order valence-electron chi connectivity index (χ1n) is 7.91. The molecular weight excluding hydrogens is 248 g/mol. The SMILES string of the molecule is Cc1ccc(OC2CCC(C)CC2)c(CNC(C)C)n1. The fourth-order valence-corrected chi connectivity index (χ4v) is 2.66. The minimum atomic E-state index is 0.369. The summed E-state index contributed by atoms with van der Waals surface area (Å²) in [7, 11) is 0. The molecule has 1 aliphatic rings. The molecule has 3 nitrogen and oxygen atoms in total. The first-order valence-corrected chi connectivity index (χ1v) is 7.91. The van der Waals surface area contributed by atoms with Gasteiger partial charge in [-0.1, -0.05) is 20.8 Å². The predicted octanol–water partition coefficient (Wildman–Crippen LogP) is 3.85. The molecular formula is C17H28N2O. The summed E-state index contributed by atoms with van der Waals surface area (Å²) < 4.78 is 6.22. The molecule has 0 amide bonds. The summed E-state index contributed by atoms with van der Waals surface area (Å²) in [6.07, 6.45) is 5.28. The van der Waals surface area contributed by atoms with Crippen molar-refractivity contribution in [1.29, 1.82) is 0 Å². The monoisotopic (exact) mass is 276 g/mol. The van der Waals surface area contributed by atoms with Gasteiger partial charge in [0, 0.05) is 18.3 Å². The van der Waals surface area contributed by atoms with Crippen molar-refractivity contribution in [3.05, 3.63) is 23.5 Å². The van der Waals surface area contributed by atoms with Crippen LogP contribution in [-0.4, -0.2) is 17.1 Å². The van der Waals surface area contributed by atoms with Crippen molar-refractivity contribution < 1.29 is 4.74 Å². The Hall–Kier alpha value is -1.09. The largest absolute Gasteiger partial charge is 0.488 e. The van der Waals surface area contributed by atoms with Crippen LogP contribution in [0.5, 0.6) is 5.75 Å². The number of nitrogens with one attached hydrogen (secondary N) is 1. The van der Waals surface area contributed by atoms with Gasteiger partial charge >= 0.3 is 0 Å². The first-order chi connectivity index (χ1) is 9.54. The number of aryl methyl sites for hydroxylation is 1. The Morgan fingerprint density at radius 1 is 1.25 bits per heavy atom. The van der Waals surface area contributed by atoms with Gasteiger partial charge in [-0.25, -0.2) is 0 Å². The van der Waals surface area contributed by atoms with Crippen LogP contribution in [0.4, 0.5) is 0 Å². The van der Waals surface area contributed by atoms with Crippen LogP contribution < -0.4 is 10.1 Å². The Morgan fingerprint density at radius 3 is 2.60 bits per heavy atom. The Labute approximate surface area is 123 Å². The molecule has 1 N–H and O–H groups in total. The molecule has 0 aromatic carbocycles. The van der Waals surface area contributed by atoms with E-state index in [2.05, 4.69) is 37.1 Å². The van der Waals surface area contributed by atoms with Gasteiger partial charge in [-0.3, -0.25) is 4.98 Å². The van der Waals surface area contributed by atoms with E-state index in [1.165, 1.54) is 25.7 Å². The molecule has 0 bridgehead atoms. The number of hydrogen-bond acceptors (Lipinski definition) is 3. The van der Waals surface area contributed by atoms with E-state index in [0.717, 1.165) is 29.6 Å². The average Bonchev–Trinajstić information content (AvgIpc) is 2.41. The Bertz CT molecular complexity index is 423. The molecule has 1 saturated carbocycles. The van der Waals surface area contributed by atoms with E-state index in [-0.39, 0.29) is 0 Å². The third-order valence-corrected chi connectivity index (χ3v) is 4.01. The van der Waals surface area contributed by atoms with Crippen LogP contribution in [0.25, 0.3) is 0 Å². The molecule has 0 saturated heterocycles. The highest BCUT2D eigenvalue weighted by molar-refractivity contribution is 5.29. The van der Waals surface area contributed by atoms with Crippen molar-refractivity contribution >= 4 is 0 Å².